The molecule has 0 saturated carbocycles. The van der Waals surface area contributed by atoms with Gasteiger partial charge in [0.05, 0.1) is 6.61 Å². The van der Waals surface area contributed by atoms with Crippen molar-refractivity contribution in [3.8, 4) is 0 Å². The number of piperidine rings is 1. The Morgan fingerprint density at radius 3 is 3.07 bits per heavy atom. The van der Waals surface area contributed by atoms with Crippen molar-refractivity contribution in [2.75, 3.05) is 33.3 Å². The molecule has 0 aromatic carbocycles. The van der Waals surface area contributed by atoms with Crippen LogP contribution in [0.15, 0.2) is 0 Å². The Kier molecular flexibility index (Phi) is 4.73. The molecular formula is C10H20N2O2. The van der Waals surface area contributed by atoms with Gasteiger partial charge in [0.15, 0.2) is 0 Å². The summed E-state index contributed by atoms with van der Waals surface area (Å²) >= 11 is 0. The molecule has 0 spiro atoms. The summed E-state index contributed by atoms with van der Waals surface area (Å²) in [6.45, 7) is 4.97. The van der Waals surface area contributed by atoms with Gasteiger partial charge < -0.3 is 15.0 Å². The molecule has 1 amide bonds. The Balaban J connectivity index is 2.35. The molecule has 1 atom stereocenters. The minimum absolute atomic E-state index is 0.159. The van der Waals surface area contributed by atoms with Gasteiger partial charge in [0.2, 0.25) is 0 Å². The molecule has 0 aliphatic carbocycles. The summed E-state index contributed by atoms with van der Waals surface area (Å²) in [5.74, 6) is 0.582. The molecule has 1 rings (SSSR count). The van der Waals surface area contributed by atoms with Gasteiger partial charge in [-0.3, -0.25) is 0 Å². The van der Waals surface area contributed by atoms with Crippen LogP contribution in [-0.4, -0.2) is 44.3 Å². The molecule has 1 aliphatic heterocycles. The molecule has 0 aromatic heterocycles. The zero-order chi connectivity index (χ0) is 10.4. The molecule has 14 heavy (non-hydrogen) atoms. The smallest absolute Gasteiger partial charge is 0.409 e. The van der Waals surface area contributed by atoms with E-state index in [0.29, 0.717) is 12.5 Å². The van der Waals surface area contributed by atoms with Gasteiger partial charge in [-0.1, -0.05) is 0 Å². The molecule has 4 nitrogen and oxygen atoms in total. The average molecular weight is 200 g/mol. The number of likely N-dealkylation sites (tertiary alicyclic amines) is 1. The van der Waals surface area contributed by atoms with E-state index in [2.05, 4.69) is 5.32 Å². The van der Waals surface area contributed by atoms with E-state index in [0.717, 1.165) is 26.1 Å². The molecule has 1 aliphatic rings. The fourth-order valence-electron chi connectivity index (χ4n) is 1.90. The number of carbonyl (C=O) groups is 1. The summed E-state index contributed by atoms with van der Waals surface area (Å²) in [5, 5.41) is 3.15. The quantitative estimate of drug-likeness (QED) is 0.741. The molecular weight excluding hydrogens is 180 g/mol. The van der Waals surface area contributed by atoms with E-state index < -0.39 is 0 Å². The summed E-state index contributed by atoms with van der Waals surface area (Å²) < 4.78 is 4.97. The first-order valence-corrected chi connectivity index (χ1v) is 5.34. The number of nitrogens with one attached hydrogen (secondary N) is 1. The monoisotopic (exact) mass is 200 g/mol. The van der Waals surface area contributed by atoms with Crippen molar-refractivity contribution < 1.29 is 9.53 Å². The van der Waals surface area contributed by atoms with Gasteiger partial charge in [-0.2, -0.15) is 0 Å². The van der Waals surface area contributed by atoms with Crippen LogP contribution in [0.5, 0.6) is 0 Å². The molecule has 1 heterocycles. The minimum atomic E-state index is -0.159. The Hall–Kier alpha value is -0.770. The van der Waals surface area contributed by atoms with Crippen LogP contribution in [0.25, 0.3) is 0 Å². The summed E-state index contributed by atoms with van der Waals surface area (Å²) in [6.07, 6.45) is 2.13. The number of ether oxygens (including phenoxy) is 1. The highest BCUT2D eigenvalue weighted by Gasteiger charge is 2.23. The number of hydrogen-bond acceptors (Lipinski definition) is 3. The second kappa shape index (κ2) is 5.86. The normalized spacial score (nSPS) is 22.1. The Bertz CT molecular complexity index is 183. The first kappa shape index (κ1) is 11.3. The Morgan fingerprint density at radius 1 is 1.64 bits per heavy atom. The fourth-order valence-corrected chi connectivity index (χ4v) is 1.90. The van der Waals surface area contributed by atoms with Crippen LogP contribution in [0.3, 0.4) is 0 Å². The van der Waals surface area contributed by atoms with Crippen LogP contribution in [0.4, 0.5) is 4.79 Å². The SMILES string of the molecule is CCOC(=O)N1CCCC(CNC)C1. The lowest BCUT2D eigenvalue weighted by molar-refractivity contribution is 0.0885. The highest BCUT2D eigenvalue weighted by atomic mass is 16.6. The van der Waals surface area contributed by atoms with Gasteiger partial charge >= 0.3 is 6.09 Å². The predicted octanol–water partition coefficient (Wildman–Crippen LogP) is 1.07. The van der Waals surface area contributed by atoms with E-state index in [9.17, 15) is 4.79 Å². The zero-order valence-corrected chi connectivity index (χ0v) is 9.08. The van der Waals surface area contributed by atoms with Crippen molar-refractivity contribution in [1.82, 2.24) is 10.2 Å². The summed E-state index contributed by atoms with van der Waals surface area (Å²) in [6, 6.07) is 0. The molecule has 82 valence electrons. The maximum Gasteiger partial charge on any atom is 0.409 e. The van der Waals surface area contributed by atoms with Crippen LogP contribution >= 0.6 is 0 Å². The first-order chi connectivity index (χ1) is 6.77. The number of hydrogen-bond donors (Lipinski definition) is 1. The van der Waals surface area contributed by atoms with E-state index in [1.165, 1.54) is 6.42 Å². The third-order valence-corrected chi connectivity index (χ3v) is 2.54. The van der Waals surface area contributed by atoms with Gasteiger partial charge in [0, 0.05) is 13.1 Å². The predicted molar refractivity (Wildman–Crippen MR) is 55.2 cm³/mol. The molecule has 0 aromatic rings. The third-order valence-electron chi connectivity index (χ3n) is 2.54. The zero-order valence-electron chi connectivity index (χ0n) is 9.08. The lowest BCUT2D eigenvalue weighted by Gasteiger charge is -2.31. The van der Waals surface area contributed by atoms with Crippen molar-refractivity contribution in [2.24, 2.45) is 5.92 Å². The van der Waals surface area contributed by atoms with Crippen LogP contribution in [0, 0.1) is 5.92 Å². The molecule has 0 bridgehead atoms. The van der Waals surface area contributed by atoms with Crippen LogP contribution in [-0.2, 0) is 4.74 Å². The molecule has 1 N–H and O–H groups in total. The van der Waals surface area contributed by atoms with Crippen molar-refractivity contribution in [3.63, 3.8) is 0 Å². The maximum absolute atomic E-state index is 11.4. The number of carbonyl (C=O) groups excluding carboxylic acids is 1. The highest BCUT2D eigenvalue weighted by Crippen LogP contribution is 2.16. The second-order valence-electron chi connectivity index (χ2n) is 3.71. The Labute approximate surface area is 85.6 Å². The molecule has 1 unspecified atom stereocenters. The Morgan fingerprint density at radius 2 is 2.43 bits per heavy atom. The average Bonchev–Trinajstić information content (AvgIpc) is 2.19. The van der Waals surface area contributed by atoms with Gasteiger partial charge in [0.1, 0.15) is 0 Å². The molecule has 1 fully saturated rings. The topological polar surface area (TPSA) is 41.6 Å². The van der Waals surface area contributed by atoms with Crippen molar-refractivity contribution in [3.05, 3.63) is 0 Å². The summed E-state index contributed by atoms with van der Waals surface area (Å²) in [4.78, 5) is 13.2. The summed E-state index contributed by atoms with van der Waals surface area (Å²) in [7, 11) is 1.95. The number of nitrogens with zero attached hydrogens (tertiary/aromatic N) is 1. The van der Waals surface area contributed by atoms with E-state index in [4.69, 9.17) is 4.74 Å². The number of rotatable bonds is 3. The molecule has 4 heteroatoms. The summed E-state index contributed by atoms with van der Waals surface area (Å²) in [5.41, 5.74) is 0. The highest BCUT2D eigenvalue weighted by molar-refractivity contribution is 5.67. The lowest BCUT2D eigenvalue weighted by Crippen LogP contribution is -2.42. The van der Waals surface area contributed by atoms with Gasteiger partial charge in [-0.25, -0.2) is 4.79 Å². The number of amides is 1. The molecule has 0 radical (unpaired) electrons. The second-order valence-corrected chi connectivity index (χ2v) is 3.71. The minimum Gasteiger partial charge on any atom is -0.450 e. The maximum atomic E-state index is 11.4. The van der Waals surface area contributed by atoms with Crippen molar-refractivity contribution in [1.29, 1.82) is 0 Å². The lowest BCUT2D eigenvalue weighted by atomic mass is 9.98. The van der Waals surface area contributed by atoms with Gasteiger partial charge in [-0.15, -0.1) is 0 Å². The standard InChI is InChI=1S/C10H20N2O2/c1-3-14-10(13)12-6-4-5-9(8-12)7-11-2/h9,11H,3-8H2,1-2H3. The van der Waals surface area contributed by atoms with E-state index in [1.54, 1.807) is 0 Å². The van der Waals surface area contributed by atoms with E-state index >= 15 is 0 Å². The van der Waals surface area contributed by atoms with Gasteiger partial charge in [0.25, 0.3) is 0 Å². The van der Waals surface area contributed by atoms with Gasteiger partial charge in [-0.05, 0) is 39.3 Å². The van der Waals surface area contributed by atoms with E-state index in [-0.39, 0.29) is 6.09 Å². The first-order valence-electron chi connectivity index (χ1n) is 5.34. The van der Waals surface area contributed by atoms with Crippen molar-refractivity contribution in [2.45, 2.75) is 19.8 Å². The molecule has 1 saturated heterocycles. The van der Waals surface area contributed by atoms with Crippen LogP contribution < -0.4 is 5.32 Å². The van der Waals surface area contributed by atoms with Crippen molar-refractivity contribution >= 4 is 6.09 Å². The third kappa shape index (κ3) is 3.18. The van der Waals surface area contributed by atoms with E-state index in [1.807, 2.05) is 18.9 Å². The van der Waals surface area contributed by atoms with Crippen LogP contribution in [0.2, 0.25) is 0 Å². The largest absolute Gasteiger partial charge is 0.450 e. The van der Waals surface area contributed by atoms with Crippen LogP contribution in [0.1, 0.15) is 19.8 Å². The fraction of sp³-hybridized carbons (Fsp3) is 0.900.